The summed E-state index contributed by atoms with van der Waals surface area (Å²) < 4.78 is 27.6. The van der Waals surface area contributed by atoms with Gasteiger partial charge in [-0.05, 0) is 88.5 Å². The molecule has 0 N–H and O–H groups in total. The summed E-state index contributed by atoms with van der Waals surface area (Å²) in [7, 11) is 0. The topological polar surface area (TPSA) is 88.3 Å². The summed E-state index contributed by atoms with van der Waals surface area (Å²) in [5, 5.41) is 0. The fourth-order valence-electron chi connectivity index (χ4n) is 5.36. The van der Waals surface area contributed by atoms with Crippen molar-refractivity contribution in [2.45, 2.75) is 44.5 Å². The van der Waals surface area contributed by atoms with Gasteiger partial charge in [0.15, 0.2) is 5.75 Å². The Labute approximate surface area is 256 Å². The van der Waals surface area contributed by atoms with Crippen molar-refractivity contribution in [2.24, 2.45) is 0 Å². The van der Waals surface area contributed by atoms with Gasteiger partial charge < -0.3 is 28.6 Å². The normalized spacial score (nSPS) is 19.1. The number of carbonyl (C=O) groups is 1. The molecule has 3 unspecified atom stereocenters. The summed E-state index contributed by atoms with van der Waals surface area (Å²) in [4.78, 5) is 24.1. The van der Waals surface area contributed by atoms with Crippen LogP contribution in [0.4, 0.5) is 0 Å². The number of esters is 1. The van der Waals surface area contributed by atoms with E-state index in [1.54, 1.807) is 24.3 Å². The molecule has 0 spiro atoms. The first-order valence-corrected chi connectivity index (χ1v) is 15.1. The molecule has 8 heteroatoms. The Bertz CT molecular complexity index is 1610. The lowest BCUT2D eigenvalue weighted by atomic mass is 9.99. The van der Waals surface area contributed by atoms with Crippen molar-refractivity contribution in [3.63, 3.8) is 0 Å². The molecule has 2 saturated heterocycles. The molecule has 3 aliphatic rings. The van der Waals surface area contributed by atoms with Crippen LogP contribution in [0.3, 0.4) is 0 Å². The molecule has 0 amide bonds. The molecule has 0 saturated carbocycles. The van der Waals surface area contributed by atoms with Gasteiger partial charge in [-0.3, -0.25) is 0 Å². The van der Waals surface area contributed by atoms with Crippen LogP contribution in [0.25, 0.3) is 11.1 Å². The van der Waals surface area contributed by atoms with E-state index in [1.165, 1.54) is 0 Å². The van der Waals surface area contributed by atoms with Gasteiger partial charge in [0.1, 0.15) is 23.9 Å². The summed E-state index contributed by atoms with van der Waals surface area (Å²) in [6.45, 7) is 5.35. The van der Waals surface area contributed by atoms with E-state index in [0.717, 1.165) is 65.4 Å². The average Bonchev–Trinajstić information content (AvgIpc) is 3.99. The zero-order chi connectivity index (χ0) is 29.9. The first-order chi connectivity index (χ1) is 21.6. The van der Waals surface area contributed by atoms with Gasteiger partial charge in [0, 0.05) is 18.8 Å². The summed E-state index contributed by atoms with van der Waals surface area (Å²) in [6, 6.07) is 26.6. The predicted octanol–water partition coefficient (Wildman–Crippen LogP) is 6.88. The van der Waals surface area contributed by atoms with E-state index in [9.17, 15) is 4.79 Å². The maximum absolute atomic E-state index is 12.8. The minimum absolute atomic E-state index is 0.0960. The van der Waals surface area contributed by atoms with Crippen LogP contribution in [0.15, 0.2) is 84.9 Å². The Morgan fingerprint density at radius 1 is 0.705 bits per heavy atom. The molecule has 2 heterocycles. The third-order valence-electron chi connectivity index (χ3n) is 8.10. The van der Waals surface area contributed by atoms with Crippen LogP contribution < -0.4 is 19.1 Å². The highest BCUT2D eigenvalue weighted by Crippen LogP contribution is 2.47. The highest BCUT2D eigenvalue weighted by atomic mass is 17.2. The molecule has 0 aromatic heterocycles. The maximum atomic E-state index is 12.8. The monoisotopic (exact) mass is 594 g/mol. The first-order valence-electron chi connectivity index (χ1n) is 15.1. The average molecular weight is 595 g/mol. The number of fused-ring (bicyclic) bond motifs is 3. The summed E-state index contributed by atoms with van der Waals surface area (Å²) in [6.07, 6.45) is 2.48. The molecule has 4 aromatic rings. The molecular formula is C36H34O8. The Morgan fingerprint density at radius 3 is 1.82 bits per heavy atom. The van der Waals surface area contributed by atoms with Crippen molar-refractivity contribution in [2.75, 3.05) is 26.4 Å². The molecule has 7 rings (SSSR count). The predicted molar refractivity (Wildman–Crippen MR) is 162 cm³/mol. The number of hydrogen-bond donors (Lipinski definition) is 0. The highest BCUT2D eigenvalue weighted by molar-refractivity contribution is 5.91. The fourth-order valence-corrected chi connectivity index (χ4v) is 5.36. The van der Waals surface area contributed by atoms with Crippen LogP contribution in [0.1, 0.15) is 52.7 Å². The number of ether oxygens (including phenoxy) is 5. The van der Waals surface area contributed by atoms with Crippen LogP contribution in [0, 0.1) is 0 Å². The number of carbonyl (C=O) groups excluding carboxylic acids is 1. The zero-order valence-corrected chi connectivity index (χ0v) is 24.5. The van der Waals surface area contributed by atoms with E-state index in [4.69, 9.17) is 33.5 Å². The summed E-state index contributed by atoms with van der Waals surface area (Å²) in [5.41, 5.74) is 5.92. The Kier molecular flexibility index (Phi) is 8.20. The Balaban J connectivity index is 0.918. The molecule has 0 bridgehead atoms. The minimum Gasteiger partial charge on any atom is -0.493 e. The van der Waals surface area contributed by atoms with Crippen LogP contribution in [0.2, 0.25) is 0 Å². The van der Waals surface area contributed by atoms with Crippen molar-refractivity contribution in [1.29, 1.82) is 0 Å². The van der Waals surface area contributed by atoms with Gasteiger partial charge in [-0.15, -0.1) is 0 Å². The van der Waals surface area contributed by atoms with Crippen molar-refractivity contribution in [1.82, 2.24) is 0 Å². The van der Waals surface area contributed by atoms with Gasteiger partial charge in [0.25, 0.3) is 0 Å². The van der Waals surface area contributed by atoms with Crippen LogP contribution >= 0.6 is 0 Å². The van der Waals surface area contributed by atoms with Crippen molar-refractivity contribution >= 4 is 5.97 Å². The molecule has 226 valence electrons. The van der Waals surface area contributed by atoms with Crippen LogP contribution in [-0.2, 0) is 21.0 Å². The molecule has 2 aliphatic heterocycles. The van der Waals surface area contributed by atoms with E-state index in [1.807, 2.05) is 60.7 Å². The number of epoxide rings is 2. The molecule has 3 atom stereocenters. The molecule has 4 aromatic carbocycles. The molecule has 2 fully saturated rings. The van der Waals surface area contributed by atoms with Crippen LogP contribution in [0.5, 0.6) is 23.0 Å². The first kappa shape index (κ1) is 28.4. The summed E-state index contributed by atoms with van der Waals surface area (Å²) >= 11 is 0. The lowest BCUT2D eigenvalue weighted by molar-refractivity contribution is -0.217. The lowest BCUT2D eigenvalue weighted by Gasteiger charge is -2.11. The highest BCUT2D eigenvalue weighted by Gasteiger charge is 2.27. The van der Waals surface area contributed by atoms with Gasteiger partial charge in [0.05, 0.1) is 44.2 Å². The van der Waals surface area contributed by atoms with Gasteiger partial charge in [0.2, 0.25) is 0 Å². The smallest absolute Gasteiger partial charge is 0.343 e. The van der Waals surface area contributed by atoms with E-state index in [2.05, 4.69) is 6.92 Å². The van der Waals surface area contributed by atoms with E-state index in [-0.39, 0.29) is 5.92 Å². The van der Waals surface area contributed by atoms with Gasteiger partial charge in [-0.1, -0.05) is 31.2 Å². The van der Waals surface area contributed by atoms with Crippen molar-refractivity contribution in [3.05, 3.63) is 107 Å². The minimum atomic E-state index is -0.412. The number of hydrogen-bond acceptors (Lipinski definition) is 8. The lowest BCUT2D eigenvalue weighted by Crippen LogP contribution is -2.09. The second kappa shape index (κ2) is 12.7. The zero-order valence-electron chi connectivity index (χ0n) is 24.5. The van der Waals surface area contributed by atoms with E-state index >= 15 is 0 Å². The molecule has 1 aliphatic carbocycles. The number of benzene rings is 4. The molecule has 0 radical (unpaired) electrons. The van der Waals surface area contributed by atoms with Crippen LogP contribution in [-0.4, -0.2) is 44.6 Å². The number of rotatable bonds is 14. The third kappa shape index (κ3) is 6.89. The second-order valence-electron chi connectivity index (χ2n) is 11.3. The SMILES string of the molecule is CC1c2cc(OOCc3ccc(OCCC4CO4)cc3)ccc2-c2ccc(OC(=O)c3ccc(OCCC4CO4)cc3)cc21. The van der Waals surface area contributed by atoms with Gasteiger partial charge in [-0.2, -0.15) is 4.89 Å². The Hall–Kier alpha value is -4.37. The van der Waals surface area contributed by atoms with Crippen molar-refractivity contribution < 1.29 is 38.3 Å². The second-order valence-corrected chi connectivity index (χ2v) is 11.3. The summed E-state index contributed by atoms with van der Waals surface area (Å²) in [5.74, 6) is 2.37. The molecular weight excluding hydrogens is 560 g/mol. The fraction of sp³-hybridized carbons (Fsp3) is 0.306. The largest absolute Gasteiger partial charge is 0.493 e. The quantitative estimate of drug-likeness (QED) is 0.0513. The standard InChI is InChI=1S/C36H34O8/c1-23-34-18-28(43-36(37)25-4-8-27(9-5-25)39-17-15-31-22-41-31)10-12-32(34)33-13-11-29(19-35(23)33)44-42-20-24-2-6-26(7-3-24)38-16-14-30-21-40-30/h2-13,18-19,23,30-31H,14-17,20-22H2,1H3. The van der Waals surface area contributed by atoms with E-state index in [0.29, 0.717) is 49.1 Å². The van der Waals surface area contributed by atoms with Crippen molar-refractivity contribution in [3.8, 4) is 34.1 Å². The molecule has 44 heavy (non-hydrogen) atoms. The van der Waals surface area contributed by atoms with Gasteiger partial charge in [-0.25, -0.2) is 4.79 Å². The van der Waals surface area contributed by atoms with Gasteiger partial charge >= 0.3 is 5.97 Å². The Morgan fingerprint density at radius 2 is 1.23 bits per heavy atom. The van der Waals surface area contributed by atoms with E-state index < -0.39 is 5.97 Å². The molecule has 8 nitrogen and oxygen atoms in total. The third-order valence-corrected chi connectivity index (χ3v) is 8.10. The maximum Gasteiger partial charge on any atom is 0.343 e.